The van der Waals surface area contributed by atoms with Crippen LogP contribution in [0.5, 0.6) is 0 Å². The summed E-state index contributed by atoms with van der Waals surface area (Å²) in [5.74, 6) is 0. The molecule has 0 radical (unpaired) electrons. The third-order valence-electron chi connectivity index (χ3n) is 1.80. The number of H-pyrrole nitrogens is 1. The average Bonchev–Trinajstić information content (AvgIpc) is 2.77. The molecule has 2 heteroatoms. The third kappa shape index (κ3) is 5.81. The van der Waals surface area contributed by atoms with Gasteiger partial charge in [0.05, 0.1) is 0 Å². The van der Waals surface area contributed by atoms with E-state index in [-0.39, 0.29) is 0 Å². The predicted octanol–water partition coefficient (Wildman–Crippen LogP) is 4.67. The molecule has 0 amide bonds. The Morgan fingerprint density at radius 3 is 2.18 bits per heavy atom. The van der Waals surface area contributed by atoms with E-state index < -0.39 is 0 Å². The SMILES string of the molecule is C=Cc1c(/C=C\N)c[nH]c1/C=C\C.CC.CC. The van der Waals surface area contributed by atoms with Crippen molar-refractivity contribution in [3.8, 4) is 0 Å². The zero-order valence-electron chi connectivity index (χ0n) is 11.7. The number of aromatic amines is 1. The molecule has 96 valence electrons. The first-order valence-corrected chi connectivity index (χ1v) is 6.18. The van der Waals surface area contributed by atoms with Gasteiger partial charge in [-0.2, -0.15) is 0 Å². The highest BCUT2D eigenvalue weighted by Crippen LogP contribution is 2.17. The highest BCUT2D eigenvalue weighted by atomic mass is 14.7. The number of allylic oxidation sites excluding steroid dienone is 1. The highest BCUT2D eigenvalue weighted by molar-refractivity contribution is 5.71. The highest BCUT2D eigenvalue weighted by Gasteiger charge is 2.01. The van der Waals surface area contributed by atoms with E-state index >= 15 is 0 Å². The minimum absolute atomic E-state index is 1.06. The lowest BCUT2D eigenvalue weighted by molar-refractivity contribution is 1.37. The first-order chi connectivity index (χ1) is 8.33. The summed E-state index contributed by atoms with van der Waals surface area (Å²) in [4.78, 5) is 3.15. The summed E-state index contributed by atoms with van der Waals surface area (Å²) in [5.41, 5.74) is 8.53. The Kier molecular flexibility index (Phi) is 12.9. The molecule has 0 unspecified atom stereocenters. The molecule has 3 N–H and O–H groups in total. The minimum Gasteiger partial charge on any atom is -0.405 e. The maximum atomic E-state index is 5.32. The summed E-state index contributed by atoms with van der Waals surface area (Å²) in [7, 11) is 0. The van der Waals surface area contributed by atoms with Gasteiger partial charge in [-0.3, -0.25) is 0 Å². The molecule has 0 aromatic carbocycles. The van der Waals surface area contributed by atoms with Crippen LogP contribution in [0.15, 0.2) is 25.1 Å². The van der Waals surface area contributed by atoms with Crippen LogP contribution in [-0.4, -0.2) is 4.98 Å². The zero-order valence-corrected chi connectivity index (χ0v) is 11.7. The molecule has 0 spiro atoms. The van der Waals surface area contributed by atoms with Crippen molar-refractivity contribution in [1.82, 2.24) is 4.98 Å². The molecule has 0 atom stereocenters. The van der Waals surface area contributed by atoms with Crippen molar-refractivity contribution in [2.75, 3.05) is 0 Å². The van der Waals surface area contributed by atoms with E-state index in [1.54, 1.807) is 0 Å². The van der Waals surface area contributed by atoms with Gasteiger partial charge >= 0.3 is 0 Å². The molecular formula is C15H26N2. The fourth-order valence-corrected chi connectivity index (χ4v) is 1.24. The topological polar surface area (TPSA) is 41.8 Å². The van der Waals surface area contributed by atoms with Crippen LogP contribution in [0.4, 0.5) is 0 Å². The van der Waals surface area contributed by atoms with Crippen molar-refractivity contribution in [2.24, 2.45) is 5.73 Å². The molecule has 1 aromatic rings. The lowest BCUT2D eigenvalue weighted by atomic mass is 10.1. The van der Waals surface area contributed by atoms with Crippen molar-refractivity contribution in [3.63, 3.8) is 0 Å². The van der Waals surface area contributed by atoms with Crippen LogP contribution in [0.2, 0.25) is 0 Å². The third-order valence-corrected chi connectivity index (χ3v) is 1.80. The van der Waals surface area contributed by atoms with Crippen LogP contribution in [0.3, 0.4) is 0 Å². The number of hydrogen-bond donors (Lipinski definition) is 2. The van der Waals surface area contributed by atoms with Crippen molar-refractivity contribution in [3.05, 3.63) is 41.9 Å². The number of nitrogens with two attached hydrogens (primary N) is 1. The van der Waals surface area contributed by atoms with Gasteiger partial charge in [-0.05, 0) is 25.3 Å². The van der Waals surface area contributed by atoms with Gasteiger partial charge in [0.15, 0.2) is 0 Å². The maximum absolute atomic E-state index is 5.32. The lowest BCUT2D eigenvalue weighted by Crippen LogP contribution is -1.79. The summed E-state index contributed by atoms with van der Waals surface area (Å²) in [5, 5.41) is 0. The van der Waals surface area contributed by atoms with Gasteiger partial charge in [0, 0.05) is 23.0 Å². The number of rotatable bonds is 3. The average molecular weight is 234 g/mol. The summed E-state index contributed by atoms with van der Waals surface area (Å²) >= 11 is 0. The second-order valence-corrected chi connectivity index (χ2v) is 2.63. The largest absolute Gasteiger partial charge is 0.405 e. The second kappa shape index (κ2) is 12.4. The van der Waals surface area contributed by atoms with Gasteiger partial charge < -0.3 is 10.7 Å². The molecule has 0 aliphatic rings. The Hall–Kier alpha value is -1.70. The Morgan fingerprint density at radius 1 is 1.18 bits per heavy atom. The van der Waals surface area contributed by atoms with Crippen molar-refractivity contribution in [1.29, 1.82) is 0 Å². The van der Waals surface area contributed by atoms with E-state index in [9.17, 15) is 0 Å². The Balaban J connectivity index is 0. The smallest absolute Gasteiger partial charge is 0.0456 e. The first kappa shape index (κ1) is 17.7. The molecule has 1 rings (SSSR count). The fraction of sp³-hybridized carbons (Fsp3) is 0.333. The monoisotopic (exact) mass is 234 g/mol. The standard InChI is InChI=1S/C11H14N2.2C2H6/c1-3-5-11-10(4-2)9(6-7-12)8-13-11;2*1-2/h3-8,13H,2,12H2,1H3;2*1-2H3/b5-3-,7-6-;;. The number of nitrogens with one attached hydrogen (secondary N) is 1. The molecule has 0 bridgehead atoms. The van der Waals surface area contributed by atoms with Crippen molar-refractivity contribution < 1.29 is 0 Å². The Labute approximate surface area is 106 Å². The van der Waals surface area contributed by atoms with E-state index in [1.165, 1.54) is 6.20 Å². The summed E-state index contributed by atoms with van der Waals surface area (Å²) in [6, 6.07) is 0. The van der Waals surface area contributed by atoms with Crippen LogP contribution in [0.1, 0.15) is 51.4 Å². The summed E-state index contributed by atoms with van der Waals surface area (Å²) < 4.78 is 0. The molecule has 2 nitrogen and oxygen atoms in total. The fourth-order valence-electron chi connectivity index (χ4n) is 1.24. The molecule has 1 heterocycles. The first-order valence-electron chi connectivity index (χ1n) is 6.18. The van der Waals surface area contributed by atoms with Gasteiger partial charge in [0.2, 0.25) is 0 Å². The molecule has 0 fully saturated rings. The molecular weight excluding hydrogens is 208 g/mol. The van der Waals surface area contributed by atoms with E-state index in [2.05, 4.69) is 11.6 Å². The summed E-state index contributed by atoms with van der Waals surface area (Å²) in [6.45, 7) is 13.7. The minimum atomic E-state index is 1.06. The molecule has 0 saturated heterocycles. The predicted molar refractivity (Wildman–Crippen MR) is 81.5 cm³/mol. The Bertz CT molecular complexity index is 314. The van der Waals surface area contributed by atoms with Crippen molar-refractivity contribution in [2.45, 2.75) is 34.6 Å². The molecule has 17 heavy (non-hydrogen) atoms. The maximum Gasteiger partial charge on any atom is 0.0456 e. The van der Waals surface area contributed by atoms with E-state index in [0.717, 1.165) is 16.8 Å². The van der Waals surface area contributed by atoms with Gasteiger partial charge in [-0.1, -0.05) is 46.4 Å². The number of aromatic nitrogens is 1. The molecule has 0 saturated carbocycles. The van der Waals surface area contributed by atoms with Gasteiger partial charge in [0.1, 0.15) is 0 Å². The van der Waals surface area contributed by atoms with Crippen LogP contribution >= 0.6 is 0 Å². The quantitative estimate of drug-likeness (QED) is 0.784. The van der Waals surface area contributed by atoms with E-state index in [0.29, 0.717) is 0 Å². The van der Waals surface area contributed by atoms with Crippen molar-refractivity contribution >= 4 is 18.2 Å². The van der Waals surface area contributed by atoms with Gasteiger partial charge in [-0.15, -0.1) is 0 Å². The summed E-state index contributed by atoms with van der Waals surface area (Å²) in [6.07, 6.45) is 11.1. The van der Waals surface area contributed by atoms with Crippen LogP contribution in [0.25, 0.3) is 18.2 Å². The van der Waals surface area contributed by atoms with Gasteiger partial charge in [-0.25, -0.2) is 0 Å². The van der Waals surface area contributed by atoms with Crippen LogP contribution < -0.4 is 5.73 Å². The molecule has 0 aliphatic carbocycles. The van der Waals surface area contributed by atoms with E-state index in [4.69, 9.17) is 5.73 Å². The number of hydrogen-bond acceptors (Lipinski definition) is 1. The normalized spacial score (nSPS) is 9.47. The van der Waals surface area contributed by atoms with Crippen LogP contribution in [0, 0.1) is 0 Å². The lowest BCUT2D eigenvalue weighted by Gasteiger charge is -1.93. The Morgan fingerprint density at radius 2 is 1.76 bits per heavy atom. The van der Waals surface area contributed by atoms with E-state index in [1.807, 2.05) is 65.1 Å². The van der Waals surface area contributed by atoms with Crippen LogP contribution in [-0.2, 0) is 0 Å². The molecule has 1 aromatic heterocycles. The van der Waals surface area contributed by atoms with Gasteiger partial charge in [0.25, 0.3) is 0 Å². The second-order valence-electron chi connectivity index (χ2n) is 2.63. The molecule has 0 aliphatic heterocycles. The zero-order chi connectivity index (χ0) is 13.7.